The zero-order chi connectivity index (χ0) is 13.2. The van der Waals surface area contributed by atoms with Crippen LogP contribution in [0.4, 0.5) is 5.95 Å². The molecule has 1 heterocycles. The largest absolute Gasteiger partial charge is 0.481 e. The molecule has 1 unspecified atom stereocenters. The molecule has 1 aromatic rings. The van der Waals surface area contributed by atoms with Crippen LogP contribution in [-0.2, 0) is 0 Å². The van der Waals surface area contributed by atoms with Crippen molar-refractivity contribution >= 4 is 5.95 Å². The zero-order valence-corrected chi connectivity index (χ0v) is 11.5. The molecule has 1 aromatic heterocycles. The summed E-state index contributed by atoms with van der Waals surface area (Å²) in [7, 11) is 3.18. The topological polar surface area (TPSA) is 56.3 Å². The zero-order valence-electron chi connectivity index (χ0n) is 11.5. The van der Waals surface area contributed by atoms with Crippen molar-refractivity contribution < 1.29 is 9.47 Å². The van der Waals surface area contributed by atoms with Crippen molar-refractivity contribution in [2.45, 2.75) is 39.2 Å². The van der Waals surface area contributed by atoms with Crippen molar-refractivity contribution in [1.29, 1.82) is 0 Å². The van der Waals surface area contributed by atoms with Gasteiger partial charge in [0.15, 0.2) is 0 Å². The number of anilines is 1. The molecule has 1 N–H and O–H groups in total. The van der Waals surface area contributed by atoms with Gasteiger partial charge in [-0.15, -0.1) is 0 Å². The molecule has 18 heavy (non-hydrogen) atoms. The van der Waals surface area contributed by atoms with E-state index in [0.29, 0.717) is 29.2 Å². The summed E-state index contributed by atoms with van der Waals surface area (Å²) in [6.45, 7) is 4.59. The van der Waals surface area contributed by atoms with Gasteiger partial charge in [-0.3, -0.25) is 0 Å². The highest BCUT2D eigenvalue weighted by atomic mass is 16.5. The van der Waals surface area contributed by atoms with Gasteiger partial charge in [-0.1, -0.05) is 13.8 Å². The molecule has 1 fully saturated rings. The van der Waals surface area contributed by atoms with E-state index in [4.69, 9.17) is 9.47 Å². The molecule has 0 aromatic carbocycles. The monoisotopic (exact) mass is 251 g/mol. The van der Waals surface area contributed by atoms with Gasteiger partial charge in [-0.2, -0.15) is 9.97 Å². The van der Waals surface area contributed by atoms with Gasteiger partial charge in [-0.05, 0) is 24.7 Å². The Balaban J connectivity index is 2.09. The summed E-state index contributed by atoms with van der Waals surface area (Å²) in [5.74, 6) is 1.61. The Morgan fingerprint density at radius 3 is 2.28 bits per heavy atom. The Hall–Kier alpha value is -1.52. The van der Waals surface area contributed by atoms with Gasteiger partial charge in [0, 0.05) is 6.04 Å². The van der Waals surface area contributed by atoms with Crippen LogP contribution >= 0.6 is 0 Å². The van der Waals surface area contributed by atoms with Crippen molar-refractivity contribution in [1.82, 2.24) is 9.97 Å². The first kappa shape index (κ1) is 12.9. The van der Waals surface area contributed by atoms with E-state index in [1.165, 1.54) is 6.42 Å². The molecule has 0 aliphatic heterocycles. The number of hydrogen-bond donors (Lipinski definition) is 1. The standard InChI is InChI=1S/C13H21N3O2/c1-13(2)6-5-9(8-13)14-12-15-10(17-3)7-11(16-12)18-4/h7,9H,5-6,8H2,1-4H3,(H,14,15,16). The third-order valence-electron chi connectivity index (χ3n) is 3.40. The second-order valence-corrected chi connectivity index (χ2v) is 5.52. The Bertz CT molecular complexity index is 398. The minimum absolute atomic E-state index is 0.403. The van der Waals surface area contributed by atoms with E-state index >= 15 is 0 Å². The number of nitrogens with zero attached hydrogens (tertiary/aromatic N) is 2. The lowest BCUT2D eigenvalue weighted by molar-refractivity contribution is 0.371. The van der Waals surface area contributed by atoms with Gasteiger partial charge in [0.1, 0.15) is 0 Å². The molecular weight excluding hydrogens is 230 g/mol. The SMILES string of the molecule is COc1cc(OC)nc(NC2CCC(C)(C)C2)n1. The van der Waals surface area contributed by atoms with E-state index in [2.05, 4.69) is 29.1 Å². The summed E-state index contributed by atoms with van der Waals surface area (Å²) in [6.07, 6.45) is 3.51. The van der Waals surface area contributed by atoms with Crippen LogP contribution in [0.25, 0.3) is 0 Å². The molecular formula is C13H21N3O2. The number of hydrogen-bond acceptors (Lipinski definition) is 5. The molecule has 0 spiro atoms. The fourth-order valence-electron chi connectivity index (χ4n) is 2.42. The minimum Gasteiger partial charge on any atom is -0.481 e. The molecule has 5 nitrogen and oxygen atoms in total. The smallest absolute Gasteiger partial charge is 0.229 e. The van der Waals surface area contributed by atoms with Crippen LogP contribution in [0, 0.1) is 5.41 Å². The summed E-state index contributed by atoms with van der Waals surface area (Å²) in [5, 5.41) is 3.36. The highest BCUT2D eigenvalue weighted by Gasteiger charge is 2.31. The lowest BCUT2D eigenvalue weighted by atomic mass is 9.92. The first-order chi connectivity index (χ1) is 8.52. The van der Waals surface area contributed by atoms with Crippen LogP contribution in [-0.4, -0.2) is 30.2 Å². The first-order valence-corrected chi connectivity index (χ1v) is 6.26. The summed E-state index contributed by atoms with van der Waals surface area (Å²) in [5.41, 5.74) is 0.403. The minimum atomic E-state index is 0.403. The third kappa shape index (κ3) is 3.03. The fraction of sp³-hybridized carbons (Fsp3) is 0.692. The van der Waals surface area contributed by atoms with E-state index in [9.17, 15) is 0 Å². The Kier molecular flexibility index (Phi) is 3.59. The van der Waals surface area contributed by atoms with Gasteiger partial charge < -0.3 is 14.8 Å². The first-order valence-electron chi connectivity index (χ1n) is 6.26. The molecule has 5 heteroatoms. The summed E-state index contributed by atoms with van der Waals surface area (Å²) >= 11 is 0. The second-order valence-electron chi connectivity index (χ2n) is 5.52. The van der Waals surface area contributed by atoms with Crippen LogP contribution in [0.3, 0.4) is 0 Å². The van der Waals surface area contributed by atoms with E-state index in [-0.39, 0.29) is 0 Å². The molecule has 100 valence electrons. The van der Waals surface area contributed by atoms with Crippen LogP contribution in [0.2, 0.25) is 0 Å². The normalized spacial score (nSPS) is 21.7. The number of ether oxygens (including phenoxy) is 2. The molecule has 1 aliphatic rings. The summed E-state index contributed by atoms with van der Waals surface area (Å²) in [6, 6.07) is 2.10. The van der Waals surface area contributed by atoms with E-state index in [1.807, 2.05) is 0 Å². The van der Waals surface area contributed by atoms with Gasteiger partial charge >= 0.3 is 0 Å². The van der Waals surface area contributed by atoms with Crippen LogP contribution in [0.15, 0.2) is 6.07 Å². The molecule has 0 saturated heterocycles. The Morgan fingerprint density at radius 1 is 1.22 bits per heavy atom. The Labute approximate surface area is 108 Å². The summed E-state index contributed by atoms with van der Waals surface area (Å²) < 4.78 is 10.3. The molecule has 2 rings (SSSR count). The average molecular weight is 251 g/mol. The second kappa shape index (κ2) is 5.00. The van der Waals surface area contributed by atoms with Crippen molar-refractivity contribution in [3.63, 3.8) is 0 Å². The van der Waals surface area contributed by atoms with E-state index in [1.54, 1.807) is 20.3 Å². The maximum absolute atomic E-state index is 5.13. The van der Waals surface area contributed by atoms with Crippen molar-refractivity contribution in [3.05, 3.63) is 6.07 Å². The lowest BCUT2D eigenvalue weighted by Crippen LogP contribution is -2.19. The predicted octanol–water partition coefficient (Wildman–Crippen LogP) is 2.48. The van der Waals surface area contributed by atoms with Gasteiger partial charge in [0.25, 0.3) is 0 Å². The van der Waals surface area contributed by atoms with Gasteiger partial charge in [0.2, 0.25) is 17.7 Å². The number of methoxy groups -OCH3 is 2. The molecule has 1 atom stereocenters. The maximum Gasteiger partial charge on any atom is 0.229 e. The number of rotatable bonds is 4. The maximum atomic E-state index is 5.13. The van der Waals surface area contributed by atoms with Crippen LogP contribution in [0.1, 0.15) is 33.1 Å². The van der Waals surface area contributed by atoms with Crippen LogP contribution in [0.5, 0.6) is 11.8 Å². The quantitative estimate of drug-likeness (QED) is 0.891. The van der Waals surface area contributed by atoms with Crippen LogP contribution < -0.4 is 14.8 Å². The number of aromatic nitrogens is 2. The third-order valence-corrected chi connectivity index (χ3v) is 3.40. The molecule has 0 bridgehead atoms. The molecule has 0 amide bonds. The van der Waals surface area contributed by atoms with E-state index in [0.717, 1.165) is 12.8 Å². The van der Waals surface area contributed by atoms with Gasteiger partial charge in [0.05, 0.1) is 20.3 Å². The van der Waals surface area contributed by atoms with E-state index < -0.39 is 0 Å². The fourth-order valence-corrected chi connectivity index (χ4v) is 2.42. The highest BCUT2D eigenvalue weighted by molar-refractivity contribution is 5.34. The highest BCUT2D eigenvalue weighted by Crippen LogP contribution is 2.38. The average Bonchev–Trinajstić information content (AvgIpc) is 2.68. The van der Waals surface area contributed by atoms with Gasteiger partial charge in [-0.25, -0.2) is 0 Å². The van der Waals surface area contributed by atoms with Crippen molar-refractivity contribution in [3.8, 4) is 11.8 Å². The lowest BCUT2D eigenvalue weighted by Gasteiger charge is -2.18. The summed E-state index contributed by atoms with van der Waals surface area (Å²) in [4.78, 5) is 8.57. The predicted molar refractivity (Wildman–Crippen MR) is 70.2 cm³/mol. The van der Waals surface area contributed by atoms with Crippen molar-refractivity contribution in [2.75, 3.05) is 19.5 Å². The molecule has 1 aliphatic carbocycles. The van der Waals surface area contributed by atoms with Crippen molar-refractivity contribution in [2.24, 2.45) is 5.41 Å². The molecule has 0 radical (unpaired) electrons. The number of nitrogens with one attached hydrogen (secondary N) is 1. The Morgan fingerprint density at radius 2 is 1.83 bits per heavy atom. The molecule has 1 saturated carbocycles.